The van der Waals surface area contributed by atoms with Gasteiger partial charge in [0.2, 0.25) is 0 Å². The summed E-state index contributed by atoms with van der Waals surface area (Å²) < 4.78 is 10.9. The van der Waals surface area contributed by atoms with Crippen molar-refractivity contribution in [1.29, 1.82) is 0 Å². The van der Waals surface area contributed by atoms with Crippen molar-refractivity contribution >= 4 is 6.09 Å². The highest BCUT2D eigenvalue weighted by Gasteiger charge is 2.36. The lowest BCUT2D eigenvalue weighted by atomic mass is 9.94. The maximum atomic E-state index is 12.0. The minimum Gasteiger partial charge on any atom is -0.497 e. The quantitative estimate of drug-likeness (QED) is 0.733. The lowest BCUT2D eigenvalue weighted by Crippen LogP contribution is -2.19. The molecule has 4 heteroatoms. The number of nitrogens with one attached hydrogen (secondary N) is 1. The summed E-state index contributed by atoms with van der Waals surface area (Å²) in [6.07, 6.45) is -0.809. The number of amides is 1. The van der Waals surface area contributed by atoms with Crippen molar-refractivity contribution in [3.8, 4) is 16.9 Å². The van der Waals surface area contributed by atoms with Crippen LogP contribution in [0.3, 0.4) is 0 Å². The van der Waals surface area contributed by atoms with Crippen LogP contribution >= 0.6 is 0 Å². The maximum Gasteiger partial charge on any atom is 0.408 e. The summed E-state index contributed by atoms with van der Waals surface area (Å²) >= 11 is 0. The van der Waals surface area contributed by atoms with E-state index in [0.29, 0.717) is 0 Å². The fourth-order valence-electron chi connectivity index (χ4n) is 3.30. The van der Waals surface area contributed by atoms with Gasteiger partial charge in [-0.3, -0.25) is 0 Å². The van der Waals surface area contributed by atoms with E-state index in [1.807, 2.05) is 54.6 Å². The van der Waals surface area contributed by atoms with Gasteiger partial charge >= 0.3 is 6.09 Å². The fraction of sp³-hybridized carbons (Fsp3) is 0.136. The van der Waals surface area contributed by atoms with E-state index in [4.69, 9.17) is 9.47 Å². The number of alkyl carbamates (subject to hydrolysis) is 1. The first-order chi connectivity index (χ1) is 12.7. The summed E-state index contributed by atoms with van der Waals surface area (Å²) in [5, 5.41) is 2.93. The molecule has 1 fully saturated rings. The molecule has 1 saturated heterocycles. The van der Waals surface area contributed by atoms with Crippen molar-refractivity contribution in [3.63, 3.8) is 0 Å². The second-order valence-corrected chi connectivity index (χ2v) is 6.22. The molecule has 130 valence electrons. The van der Waals surface area contributed by atoms with E-state index in [-0.39, 0.29) is 6.04 Å². The standard InChI is InChI=1S/C22H19NO3/c1-25-19-12-6-11-18(14-19)21-20(23-22(24)26-21)17-10-5-9-16(13-17)15-7-3-2-4-8-15/h2-14,20-21H,1H3,(H,23,24)/t20-,21+/m0/s1. The van der Waals surface area contributed by atoms with Crippen LogP contribution in [0.5, 0.6) is 5.75 Å². The summed E-state index contributed by atoms with van der Waals surface area (Å²) in [5.74, 6) is 0.738. The first kappa shape index (κ1) is 16.2. The van der Waals surface area contributed by atoms with Gasteiger partial charge in [-0.1, -0.05) is 60.7 Å². The number of carbonyl (C=O) groups is 1. The molecular formula is C22H19NO3. The van der Waals surface area contributed by atoms with E-state index < -0.39 is 12.2 Å². The van der Waals surface area contributed by atoms with E-state index in [1.165, 1.54) is 0 Å². The Morgan fingerprint density at radius 2 is 1.58 bits per heavy atom. The second-order valence-electron chi connectivity index (χ2n) is 6.22. The molecule has 0 unspecified atom stereocenters. The van der Waals surface area contributed by atoms with Gasteiger partial charge in [-0.25, -0.2) is 4.79 Å². The number of hydrogen-bond acceptors (Lipinski definition) is 3. The van der Waals surface area contributed by atoms with Crippen LogP contribution in [-0.2, 0) is 4.74 Å². The molecule has 0 aliphatic carbocycles. The SMILES string of the molecule is COc1cccc([C@H]2OC(=O)N[C@H]2c2cccc(-c3ccccc3)c2)c1. The van der Waals surface area contributed by atoms with Gasteiger partial charge in [0.05, 0.1) is 13.2 Å². The van der Waals surface area contributed by atoms with Gasteiger partial charge in [0, 0.05) is 0 Å². The summed E-state index contributed by atoms with van der Waals surface area (Å²) in [4.78, 5) is 12.0. The largest absolute Gasteiger partial charge is 0.497 e. The maximum absolute atomic E-state index is 12.0. The Balaban J connectivity index is 1.70. The molecular weight excluding hydrogens is 326 g/mol. The molecule has 1 aliphatic rings. The molecule has 0 spiro atoms. The number of methoxy groups -OCH3 is 1. The lowest BCUT2D eigenvalue weighted by molar-refractivity contribution is 0.132. The van der Waals surface area contributed by atoms with E-state index in [0.717, 1.165) is 28.0 Å². The Morgan fingerprint density at radius 3 is 2.38 bits per heavy atom. The second kappa shape index (κ2) is 6.92. The predicted molar refractivity (Wildman–Crippen MR) is 100.0 cm³/mol. The number of rotatable bonds is 4. The van der Waals surface area contributed by atoms with Crippen LogP contribution in [-0.4, -0.2) is 13.2 Å². The van der Waals surface area contributed by atoms with Gasteiger partial charge in [-0.15, -0.1) is 0 Å². The predicted octanol–water partition coefficient (Wildman–Crippen LogP) is 4.88. The van der Waals surface area contributed by atoms with Crippen molar-refractivity contribution < 1.29 is 14.3 Å². The summed E-state index contributed by atoms with van der Waals surface area (Å²) in [7, 11) is 1.62. The first-order valence-corrected chi connectivity index (χ1v) is 8.51. The van der Waals surface area contributed by atoms with Crippen LogP contribution in [0, 0.1) is 0 Å². The van der Waals surface area contributed by atoms with Gasteiger partial charge < -0.3 is 14.8 Å². The number of ether oxygens (including phenoxy) is 2. The zero-order valence-electron chi connectivity index (χ0n) is 14.4. The zero-order chi connectivity index (χ0) is 17.9. The Morgan fingerprint density at radius 1 is 0.846 bits per heavy atom. The molecule has 0 bridgehead atoms. The van der Waals surface area contributed by atoms with Crippen molar-refractivity contribution in [1.82, 2.24) is 5.32 Å². The minimum absolute atomic E-state index is 0.252. The van der Waals surface area contributed by atoms with E-state index in [9.17, 15) is 4.79 Å². The number of hydrogen-bond donors (Lipinski definition) is 1. The van der Waals surface area contributed by atoms with E-state index in [2.05, 4.69) is 29.6 Å². The van der Waals surface area contributed by atoms with Crippen LogP contribution in [0.15, 0.2) is 78.9 Å². The lowest BCUT2D eigenvalue weighted by Gasteiger charge is -2.19. The van der Waals surface area contributed by atoms with E-state index in [1.54, 1.807) is 7.11 Å². The molecule has 1 amide bonds. The first-order valence-electron chi connectivity index (χ1n) is 8.51. The molecule has 1 N–H and O–H groups in total. The molecule has 3 aromatic carbocycles. The summed E-state index contributed by atoms with van der Waals surface area (Å²) in [6.45, 7) is 0. The van der Waals surface area contributed by atoms with Gasteiger partial charge in [0.1, 0.15) is 5.75 Å². The highest BCUT2D eigenvalue weighted by Crippen LogP contribution is 2.38. The topological polar surface area (TPSA) is 47.6 Å². The van der Waals surface area contributed by atoms with Crippen molar-refractivity contribution in [3.05, 3.63) is 90.0 Å². The molecule has 0 saturated carbocycles. The Bertz CT molecular complexity index is 923. The summed E-state index contributed by atoms with van der Waals surface area (Å²) in [6, 6.07) is 25.7. The van der Waals surface area contributed by atoms with Crippen LogP contribution < -0.4 is 10.1 Å². The molecule has 4 nitrogen and oxygen atoms in total. The fourth-order valence-corrected chi connectivity index (χ4v) is 3.30. The van der Waals surface area contributed by atoms with E-state index >= 15 is 0 Å². The van der Waals surface area contributed by atoms with Crippen LogP contribution in [0.4, 0.5) is 4.79 Å². The third-order valence-electron chi connectivity index (χ3n) is 4.59. The van der Waals surface area contributed by atoms with Gasteiger partial charge in [-0.05, 0) is 40.5 Å². The third-order valence-corrected chi connectivity index (χ3v) is 4.59. The highest BCUT2D eigenvalue weighted by atomic mass is 16.6. The minimum atomic E-state index is -0.409. The number of benzene rings is 3. The molecule has 2 atom stereocenters. The van der Waals surface area contributed by atoms with Crippen molar-refractivity contribution in [2.75, 3.05) is 7.11 Å². The summed E-state index contributed by atoms with van der Waals surface area (Å²) in [5.41, 5.74) is 4.15. The molecule has 26 heavy (non-hydrogen) atoms. The smallest absolute Gasteiger partial charge is 0.408 e. The molecule has 4 rings (SSSR count). The van der Waals surface area contributed by atoms with Gasteiger partial charge in [0.25, 0.3) is 0 Å². The molecule has 1 aliphatic heterocycles. The number of carbonyl (C=O) groups excluding carboxylic acids is 1. The van der Waals surface area contributed by atoms with Gasteiger partial charge in [-0.2, -0.15) is 0 Å². The normalized spacial score (nSPS) is 18.9. The molecule has 0 aromatic heterocycles. The third kappa shape index (κ3) is 3.14. The molecule has 0 radical (unpaired) electrons. The average Bonchev–Trinajstić information content (AvgIpc) is 3.11. The van der Waals surface area contributed by atoms with Crippen molar-refractivity contribution in [2.45, 2.75) is 12.1 Å². The molecule has 1 heterocycles. The Kier molecular flexibility index (Phi) is 4.32. The monoisotopic (exact) mass is 345 g/mol. The number of cyclic esters (lactones) is 1. The highest BCUT2D eigenvalue weighted by molar-refractivity contribution is 5.72. The Labute approximate surface area is 152 Å². The Hall–Kier alpha value is -3.27. The van der Waals surface area contributed by atoms with Gasteiger partial charge in [0.15, 0.2) is 6.10 Å². The zero-order valence-corrected chi connectivity index (χ0v) is 14.4. The van der Waals surface area contributed by atoms with Crippen LogP contribution in [0.1, 0.15) is 23.3 Å². The van der Waals surface area contributed by atoms with Crippen LogP contribution in [0.25, 0.3) is 11.1 Å². The molecule has 3 aromatic rings. The van der Waals surface area contributed by atoms with Crippen molar-refractivity contribution in [2.24, 2.45) is 0 Å². The average molecular weight is 345 g/mol. The van der Waals surface area contributed by atoms with Crippen LogP contribution in [0.2, 0.25) is 0 Å².